The smallest absolute Gasteiger partial charge is 0.290 e. The minimum atomic E-state index is -0.533. The Bertz CT molecular complexity index is 1280. The highest BCUT2D eigenvalue weighted by Gasteiger charge is 2.42. The van der Waals surface area contributed by atoms with Crippen molar-refractivity contribution in [2.45, 2.75) is 26.0 Å². The first-order chi connectivity index (χ1) is 17.0. The van der Waals surface area contributed by atoms with Gasteiger partial charge in [0.05, 0.1) is 43.4 Å². The second-order valence-corrected chi connectivity index (χ2v) is 9.13. The number of hydrogen-bond donors (Lipinski definition) is 0. The molecule has 0 aliphatic carbocycles. The molecule has 35 heavy (non-hydrogen) atoms. The molecule has 184 valence electrons. The Balaban J connectivity index is 1.57. The third kappa shape index (κ3) is 4.51. The quantitative estimate of drug-likeness (QED) is 0.514. The number of morpholine rings is 1. The summed E-state index contributed by atoms with van der Waals surface area (Å²) in [5.74, 6) is 1.13. The van der Waals surface area contributed by atoms with E-state index in [0.29, 0.717) is 48.6 Å². The van der Waals surface area contributed by atoms with E-state index in [1.807, 2.05) is 38.1 Å². The Morgan fingerprint density at radius 2 is 1.71 bits per heavy atom. The molecule has 8 nitrogen and oxygen atoms in total. The molecule has 3 heterocycles. The van der Waals surface area contributed by atoms with E-state index in [-0.39, 0.29) is 23.2 Å². The summed E-state index contributed by atoms with van der Waals surface area (Å²) in [6, 6.07) is 12.1. The van der Waals surface area contributed by atoms with Crippen LogP contribution in [-0.2, 0) is 4.74 Å². The van der Waals surface area contributed by atoms with Crippen LogP contribution in [0.3, 0.4) is 0 Å². The predicted molar refractivity (Wildman–Crippen MR) is 131 cm³/mol. The number of hydrogen-bond acceptors (Lipinski definition) is 7. The normalized spacial score (nSPS) is 18.3. The molecule has 1 saturated heterocycles. The maximum absolute atomic E-state index is 13.7. The molecule has 1 fully saturated rings. The SMILES string of the molecule is COc1ccc2c(=O)c3c(oc2c1)C(=O)N(CCN1CCOCC1)[C@H]3c1ccc(OC(C)C)cc1. The van der Waals surface area contributed by atoms with E-state index in [2.05, 4.69) is 4.90 Å². The fraction of sp³-hybridized carbons (Fsp3) is 0.407. The third-order valence-corrected chi connectivity index (χ3v) is 6.50. The maximum atomic E-state index is 13.7. The first kappa shape index (κ1) is 23.4. The Morgan fingerprint density at radius 1 is 1.00 bits per heavy atom. The molecule has 1 aromatic heterocycles. The molecular formula is C27H30N2O6. The van der Waals surface area contributed by atoms with E-state index < -0.39 is 6.04 Å². The molecule has 2 aliphatic rings. The molecule has 0 N–H and O–H groups in total. The summed E-state index contributed by atoms with van der Waals surface area (Å²) in [7, 11) is 1.55. The monoisotopic (exact) mass is 478 g/mol. The lowest BCUT2D eigenvalue weighted by molar-refractivity contribution is 0.0314. The number of carbonyl (C=O) groups is 1. The van der Waals surface area contributed by atoms with Crippen molar-refractivity contribution in [3.05, 3.63) is 69.6 Å². The number of benzene rings is 2. The molecule has 0 bridgehead atoms. The largest absolute Gasteiger partial charge is 0.497 e. The molecular weight excluding hydrogens is 448 g/mol. The molecule has 0 radical (unpaired) electrons. The van der Waals surface area contributed by atoms with Crippen molar-refractivity contribution in [2.24, 2.45) is 0 Å². The van der Waals surface area contributed by atoms with Crippen LogP contribution in [0.15, 0.2) is 51.7 Å². The average molecular weight is 479 g/mol. The molecule has 2 aliphatic heterocycles. The van der Waals surface area contributed by atoms with Gasteiger partial charge in [0.25, 0.3) is 5.91 Å². The summed E-state index contributed by atoms with van der Waals surface area (Å²) in [6.07, 6.45) is 0.0510. The van der Waals surface area contributed by atoms with Crippen LogP contribution in [0.1, 0.15) is 41.6 Å². The summed E-state index contributed by atoms with van der Waals surface area (Å²) in [5, 5.41) is 0.428. The van der Waals surface area contributed by atoms with Crippen LogP contribution in [0.5, 0.6) is 11.5 Å². The molecule has 3 aromatic rings. The zero-order chi connectivity index (χ0) is 24.5. The Morgan fingerprint density at radius 3 is 2.40 bits per heavy atom. The number of fused-ring (bicyclic) bond motifs is 2. The van der Waals surface area contributed by atoms with Gasteiger partial charge in [0.2, 0.25) is 5.76 Å². The number of carbonyl (C=O) groups excluding carboxylic acids is 1. The number of rotatable bonds is 7. The van der Waals surface area contributed by atoms with Gasteiger partial charge in [-0.15, -0.1) is 0 Å². The summed E-state index contributed by atoms with van der Waals surface area (Å²) in [6.45, 7) is 8.11. The van der Waals surface area contributed by atoms with E-state index in [0.717, 1.165) is 24.4 Å². The third-order valence-electron chi connectivity index (χ3n) is 6.50. The standard InChI is InChI=1S/C27H30N2O6/c1-17(2)34-19-6-4-18(5-7-19)24-23-25(30)21-9-8-20(32-3)16-22(21)35-26(23)27(31)29(24)11-10-28-12-14-33-15-13-28/h4-9,16-17,24H,10-15H2,1-3H3/t24-/m0/s1. The summed E-state index contributed by atoms with van der Waals surface area (Å²) in [5.41, 5.74) is 1.37. The van der Waals surface area contributed by atoms with Crippen LogP contribution in [0, 0.1) is 0 Å². The fourth-order valence-corrected chi connectivity index (χ4v) is 4.78. The van der Waals surface area contributed by atoms with E-state index in [4.69, 9.17) is 18.6 Å². The van der Waals surface area contributed by atoms with Crippen molar-refractivity contribution < 1.29 is 23.4 Å². The Hall–Kier alpha value is -3.36. The van der Waals surface area contributed by atoms with Crippen molar-refractivity contribution in [2.75, 3.05) is 46.5 Å². The highest BCUT2D eigenvalue weighted by atomic mass is 16.5. The number of ether oxygens (including phenoxy) is 3. The topological polar surface area (TPSA) is 81.5 Å². The highest BCUT2D eigenvalue weighted by molar-refractivity contribution is 5.99. The van der Waals surface area contributed by atoms with Gasteiger partial charge in [-0.2, -0.15) is 0 Å². The minimum Gasteiger partial charge on any atom is -0.497 e. The van der Waals surface area contributed by atoms with Gasteiger partial charge in [-0.05, 0) is 43.7 Å². The fourth-order valence-electron chi connectivity index (χ4n) is 4.78. The summed E-state index contributed by atoms with van der Waals surface area (Å²) in [4.78, 5) is 31.3. The van der Waals surface area contributed by atoms with Crippen LogP contribution in [-0.4, -0.2) is 68.3 Å². The van der Waals surface area contributed by atoms with Crippen molar-refractivity contribution >= 4 is 16.9 Å². The second kappa shape index (κ2) is 9.71. The zero-order valence-electron chi connectivity index (χ0n) is 20.3. The van der Waals surface area contributed by atoms with Crippen molar-refractivity contribution in [1.29, 1.82) is 0 Å². The van der Waals surface area contributed by atoms with E-state index in [1.165, 1.54) is 0 Å². The molecule has 1 amide bonds. The van der Waals surface area contributed by atoms with Gasteiger partial charge in [-0.25, -0.2) is 0 Å². The minimum absolute atomic E-state index is 0.0510. The first-order valence-electron chi connectivity index (χ1n) is 12.0. The van der Waals surface area contributed by atoms with Gasteiger partial charge in [0.15, 0.2) is 5.43 Å². The van der Waals surface area contributed by atoms with E-state index in [1.54, 1.807) is 30.2 Å². The highest BCUT2D eigenvalue weighted by Crippen LogP contribution is 2.39. The molecule has 0 saturated carbocycles. The van der Waals surface area contributed by atoms with Crippen LogP contribution >= 0.6 is 0 Å². The lowest BCUT2D eigenvalue weighted by Crippen LogP contribution is -2.42. The molecule has 0 spiro atoms. The maximum Gasteiger partial charge on any atom is 0.290 e. The first-order valence-corrected chi connectivity index (χ1v) is 12.0. The zero-order valence-corrected chi connectivity index (χ0v) is 20.3. The summed E-state index contributed by atoms with van der Waals surface area (Å²) >= 11 is 0. The predicted octanol–water partition coefficient (Wildman–Crippen LogP) is 3.47. The van der Waals surface area contributed by atoms with Crippen LogP contribution in [0.2, 0.25) is 0 Å². The number of nitrogens with zero attached hydrogens (tertiary/aromatic N) is 2. The van der Waals surface area contributed by atoms with Gasteiger partial charge < -0.3 is 23.5 Å². The van der Waals surface area contributed by atoms with Gasteiger partial charge >= 0.3 is 0 Å². The number of methoxy groups -OCH3 is 1. The lowest BCUT2D eigenvalue weighted by atomic mass is 9.98. The second-order valence-electron chi connectivity index (χ2n) is 9.13. The Kier molecular flexibility index (Phi) is 6.49. The average Bonchev–Trinajstić information content (AvgIpc) is 3.15. The van der Waals surface area contributed by atoms with E-state index in [9.17, 15) is 9.59 Å². The molecule has 5 rings (SSSR count). The Labute approximate surface area is 204 Å². The number of amides is 1. The van der Waals surface area contributed by atoms with Crippen molar-refractivity contribution in [1.82, 2.24) is 9.80 Å². The van der Waals surface area contributed by atoms with Crippen LogP contribution < -0.4 is 14.9 Å². The molecule has 1 atom stereocenters. The van der Waals surface area contributed by atoms with Crippen LogP contribution in [0.4, 0.5) is 0 Å². The van der Waals surface area contributed by atoms with Gasteiger partial charge in [-0.3, -0.25) is 14.5 Å². The van der Waals surface area contributed by atoms with Gasteiger partial charge in [0, 0.05) is 32.2 Å². The summed E-state index contributed by atoms with van der Waals surface area (Å²) < 4.78 is 22.6. The van der Waals surface area contributed by atoms with Crippen LogP contribution in [0.25, 0.3) is 11.0 Å². The lowest BCUT2D eigenvalue weighted by Gasteiger charge is -2.31. The van der Waals surface area contributed by atoms with Gasteiger partial charge in [-0.1, -0.05) is 12.1 Å². The molecule has 0 unspecified atom stereocenters. The van der Waals surface area contributed by atoms with Gasteiger partial charge in [0.1, 0.15) is 17.1 Å². The van der Waals surface area contributed by atoms with E-state index >= 15 is 0 Å². The van der Waals surface area contributed by atoms with Crippen molar-refractivity contribution in [3.63, 3.8) is 0 Å². The molecule has 2 aromatic carbocycles. The molecule has 8 heteroatoms. The van der Waals surface area contributed by atoms with Crippen molar-refractivity contribution in [3.8, 4) is 11.5 Å².